The molecule has 0 saturated carbocycles. The van der Waals surface area contributed by atoms with Gasteiger partial charge in [-0.05, 0) is 74.0 Å². The highest BCUT2D eigenvalue weighted by Gasteiger charge is 2.28. The number of unbranched alkanes of at least 4 members (excludes halogenated alkanes) is 2. The van der Waals surface area contributed by atoms with Crippen LogP contribution in [0.4, 0.5) is 0 Å². The van der Waals surface area contributed by atoms with Crippen molar-refractivity contribution in [1.82, 2.24) is 0 Å². The van der Waals surface area contributed by atoms with Gasteiger partial charge in [0.15, 0.2) is 14.7 Å². The predicted octanol–water partition coefficient (Wildman–Crippen LogP) is 7.25. The maximum Gasteiger partial charge on any atom is 0.166 e. The molecule has 0 amide bonds. The number of ether oxygens (including phenoxy) is 1. The van der Waals surface area contributed by atoms with Gasteiger partial charge in [0, 0.05) is 0 Å². The lowest BCUT2D eigenvalue weighted by Gasteiger charge is -2.09. The van der Waals surface area contributed by atoms with Crippen LogP contribution < -0.4 is 4.74 Å². The predicted molar refractivity (Wildman–Crippen MR) is 146 cm³/mol. The van der Waals surface area contributed by atoms with Crippen molar-refractivity contribution in [2.45, 2.75) is 52.7 Å². The van der Waals surface area contributed by atoms with Crippen molar-refractivity contribution in [1.29, 1.82) is 0 Å². The Bertz CT molecular complexity index is 1230. The van der Waals surface area contributed by atoms with Crippen LogP contribution in [-0.4, -0.2) is 19.6 Å². The van der Waals surface area contributed by atoms with Gasteiger partial charge in [-0.25, -0.2) is 8.42 Å². The van der Waals surface area contributed by atoms with E-state index in [1.54, 1.807) is 12.1 Å². The normalized spacial score (nSPS) is 11.0. The monoisotopic (exact) mass is 520 g/mol. The molecule has 36 heavy (non-hydrogen) atoms. The maximum absolute atomic E-state index is 10.4. The van der Waals surface area contributed by atoms with E-state index in [1.807, 2.05) is 6.92 Å². The molecule has 0 radical (unpaired) electrons. The summed E-state index contributed by atoms with van der Waals surface area (Å²) in [6.45, 7) is 4.83. The van der Waals surface area contributed by atoms with Gasteiger partial charge in [0.2, 0.25) is 0 Å². The molecular formula is C30H32O4S2. The van der Waals surface area contributed by atoms with E-state index in [-0.39, 0.29) is 15.8 Å². The Hall–Kier alpha value is -3.06. The topological polar surface area (TPSA) is 66.4 Å². The Balaban J connectivity index is 0.000000275. The van der Waals surface area contributed by atoms with Crippen molar-refractivity contribution in [3.05, 3.63) is 115 Å². The summed E-state index contributed by atoms with van der Waals surface area (Å²) in [5, 5.41) is 0. The lowest BCUT2D eigenvalue weighted by Crippen LogP contribution is -2.04. The number of hydrogen-bond acceptors (Lipinski definition) is 4. The van der Waals surface area contributed by atoms with Crippen LogP contribution in [0.25, 0.3) is 0 Å². The molecule has 0 heterocycles. The molecule has 0 unspecified atom stereocenters. The molecule has 6 heteroatoms. The summed E-state index contributed by atoms with van der Waals surface area (Å²) in [6, 6.07) is 35.9. The van der Waals surface area contributed by atoms with Gasteiger partial charge in [-0.3, -0.25) is 0 Å². The van der Waals surface area contributed by atoms with Gasteiger partial charge in [-0.2, -0.15) is 0 Å². The largest absolute Gasteiger partial charge is 0.744 e. The third kappa shape index (κ3) is 8.55. The summed E-state index contributed by atoms with van der Waals surface area (Å²) in [4.78, 5) is 3.82. The molecular weight excluding hydrogens is 488 g/mol. The van der Waals surface area contributed by atoms with Crippen molar-refractivity contribution in [2.75, 3.05) is 6.61 Å². The van der Waals surface area contributed by atoms with Crippen molar-refractivity contribution >= 4 is 21.0 Å². The van der Waals surface area contributed by atoms with Crippen LogP contribution in [-0.2, 0) is 21.0 Å². The van der Waals surface area contributed by atoms with Crippen LogP contribution >= 0.6 is 0 Å². The molecule has 0 fully saturated rings. The Labute approximate surface area is 218 Å². The fourth-order valence-corrected chi connectivity index (χ4v) is 5.99. The fourth-order valence-electron chi connectivity index (χ4n) is 3.44. The van der Waals surface area contributed by atoms with Gasteiger partial charge in [-0.15, -0.1) is 0 Å². The van der Waals surface area contributed by atoms with Crippen molar-refractivity contribution in [3.63, 3.8) is 0 Å². The molecule has 4 nitrogen and oxygen atoms in total. The van der Waals surface area contributed by atoms with Gasteiger partial charge in [0.1, 0.15) is 15.9 Å². The Morgan fingerprint density at radius 2 is 1.19 bits per heavy atom. The van der Waals surface area contributed by atoms with E-state index < -0.39 is 10.1 Å². The summed E-state index contributed by atoms with van der Waals surface area (Å²) in [7, 11) is -4.36. The number of rotatable bonds is 9. The lowest BCUT2D eigenvalue weighted by molar-refractivity contribution is 0.306. The molecule has 0 aliphatic rings. The first-order valence-corrected chi connectivity index (χ1v) is 14.6. The molecule has 0 atom stereocenters. The van der Waals surface area contributed by atoms with E-state index in [1.165, 1.54) is 39.7 Å². The molecule has 0 aliphatic carbocycles. The van der Waals surface area contributed by atoms with Crippen LogP contribution in [0, 0.1) is 6.92 Å². The highest BCUT2D eigenvalue weighted by atomic mass is 32.2. The molecule has 0 bridgehead atoms. The molecule has 0 aromatic heterocycles. The van der Waals surface area contributed by atoms with Crippen LogP contribution in [0.5, 0.6) is 5.75 Å². The average molecular weight is 521 g/mol. The van der Waals surface area contributed by atoms with Crippen molar-refractivity contribution < 1.29 is 17.7 Å². The highest BCUT2D eigenvalue weighted by molar-refractivity contribution is 7.97. The van der Waals surface area contributed by atoms with E-state index in [0.717, 1.165) is 24.3 Å². The fraction of sp³-hybridized carbons (Fsp3) is 0.200. The lowest BCUT2D eigenvalue weighted by atomic mass is 10.2. The first-order valence-electron chi connectivity index (χ1n) is 12.0. The van der Waals surface area contributed by atoms with Gasteiger partial charge in [0.25, 0.3) is 0 Å². The maximum atomic E-state index is 10.4. The minimum absolute atomic E-state index is 0.0872. The molecule has 4 aromatic carbocycles. The van der Waals surface area contributed by atoms with Crippen LogP contribution in [0.2, 0.25) is 0 Å². The van der Waals surface area contributed by atoms with E-state index in [2.05, 4.69) is 91.9 Å². The van der Waals surface area contributed by atoms with E-state index in [9.17, 15) is 13.0 Å². The molecule has 188 valence electrons. The second-order valence-corrected chi connectivity index (χ2v) is 11.6. The average Bonchev–Trinajstić information content (AvgIpc) is 2.89. The van der Waals surface area contributed by atoms with E-state index in [4.69, 9.17) is 4.74 Å². The quantitative estimate of drug-likeness (QED) is 0.132. The third-order valence-electron chi connectivity index (χ3n) is 5.34. The standard InChI is InChI=1S/C23H25OS.C7H8O3S/c1-2-3-10-19-24-20-15-17-23(18-16-20)25(21-11-6-4-7-12-21)22-13-8-5-9-14-22;1-6-2-4-7(5-3-6)11(8,9)10/h4-9,11-18H,2-3,10,19H2,1H3;2-5H,1H3,(H,8,9,10)/q+1;/p-1. The molecule has 0 aliphatic heterocycles. The second-order valence-electron chi connectivity index (χ2n) is 8.23. The highest BCUT2D eigenvalue weighted by Crippen LogP contribution is 2.31. The molecule has 0 N–H and O–H groups in total. The van der Waals surface area contributed by atoms with E-state index >= 15 is 0 Å². The SMILES string of the molecule is CCCCCOc1ccc([S+](c2ccccc2)c2ccccc2)cc1.Cc1ccc(S(=O)(=O)[O-])cc1. The van der Waals surface area contributed by atoms with Gasteiger partial charge < -0.3 is 9.29 Å². The van der Waals surface area contributed by atoms with Gasteiger partial charge >= 0.3 is 0 Å². The summed E-state index contributed by atoms with van der Waals surface area (Å²) in [5.74, 6) is 0.963. The first kappa shape index (κ1) is 27.5. The zero-order chi connectivity index (χ0) is 25.8. The summed E-state index contributed by atoms with van der Waals surface area (Å²) in [6.07, 6.45) is 3.57. The van der Waals surface area contributed by atoms with Crippen LogP contribution in [0.3, 0.4) is 0 Å². The van der Waals surface area contributed by atoms with Gasteiger partial charge in [0.05, 0.1) is 22.4 Å². The Morgan fingerprint density at radius 1 is 0.694 bits per heavy atom. The third-order valence-corrected chi connectivity index (χ3v) is 8.42. The number of aryl methyl sites for hydroxylation is 1. The smallest absolute Gasteiger partial charge is 0.166 e. The number of benzene rings is 4. The molecule has 4 aromatic rings. The Kier molecular flexibility index (Phi) is 10.6. The minimum Gasteiger partial charge on any atom is -0.744 e. The summed E-state index contributed by atoms with van der Waals surface area (Å²) >= 11 is 0. The Morgan fingerprint density at radius 3 is 1.67 bits per heavy atom. The van der Waals surface area contributed by atoms with Gasteiger partial charge in [-0.1, -0.05) is 73.9 Å². The molecule has 0 spiro atoms. The number of hydrogen-bond donors (Lipinski definition) is 0. The molecule has 0 saturated heterocycles. The van der Waals surface area contributed by atoms with Crippen molar-refractivity contribution in [3.8, 4) is 5.75 Å². The molecule has 4 rings (SSSR count). The van der Waals surface area contributed by atoms with Crippen molar-refractivity contribution in [2.24, 2.45) is 0 Å². The van der Waals surface area contributed by atoms with Crippen LogP contribution in [0.15, 0.2) is 129 Å². The summed E-state index contributed by atoms with van der Waals surface area (Å²) in [5.41, 5.74) is 0.928. The zero-order valence-electron chi connectivity index (χ0n) is 20.7. The first-order chi connectivity index (χ1) is 17.4. The van der Waals surface area contributed by atoms with Crippen LogP contribution in [0.1, 0.15) is 31.7 Å². The summed E-state index contributed by atoms with van der Waals surface area (Å²) < 4.78 is 37.0. The second kappa shape index (κ2) is 13.9. The van der Waals surface area contributed by atoms with E-state index in [0.29, 0.717) is 0 Å². The minimum atomic E-state index is -4.27. The zero-order valence-corrected chi connectivity index (χ0v) is 22.3.